The van der Waals surface area contributed by atoms with Crippen LogP contribution in [0.1, 0.15) is 12.8 Å². The number of rotatable bonds is 4. The van der Waals surface area contributed by atoms with Gasteiger partial charge in [0.2, 0.25) is 11.7 Å². The van der Waals surface area contributed by atoms with Gasteiger partial charge in [-0.2, -0.15) is 4.98 Å². The molecule has 28 heavy (non-hydrogen) atoms. The molecule has 0 radical (unpaired) electrons. The summed E-state index contributed by atoms with van der Waals surface area (Å²) in [7, 11) is 0. The average molecular weight is 398 g/mol. The molecule has 0 fully saturated rings. The minimum absolute atomic E-state index is 0.348. The first-order valence-electron chi connectivity index (χ1n) is 8.45. The van der Waals surface area contributed by atoms with Crippen molar-refractivity contribution in [1.82, 2.24) is 25.4 Å². The van der Waals surface area contributed by atoms with Crippen LogP contribution in [0.4, 0.5) is 14.3 Å². The lowest BCUT2D eigenvalue weighted by Crippen LogP contribution is -2.28. The molecule has 2 N–H and O–H groups in total. The molecule has 0 bridgehead atoms. The van der Waals surface area contributed by atoms with Crippen LogP contribution in [-0.2, 0) is 0 Å². The number of thiazole rings is 1. The van der Waals surface area contributed by atoms with Crippen LogP contribution in [0, 0.1) is 12.7 Å². The quantitative estimate of drug-likeness (QED) is 0.538. The SMILES string of the molecule is CCNC(=O)Nc1nc2cc(-c3ccc(-c4noc(C)n4)nc3)c(F)cc2s1. The second kappa shape index (κ2) is 7.31. The molecule has 0 unspecified atom stereocenters. The molecule has 0 saturated carbocycles. The van der Waals surface area contributed by atoms with E-state index in [0.29, 0.717) is 50.4 Å². The Bertz CT molecular complexity index is 1150. The predicted molar refractivity (Wildman–Crippen MR) is 104 cm³/mol. The minimum Gasteiger partial charge on any atom is -0.339 e. The van der Waals surface area contributed by atoms with E-state index in [4.69, 9.17) is 4.52 Å². The summed E-state index contributed by atoms with van der Waals surface area (Å²) in [5.74, 6) is 0.421. The molecule has 3 heterocycles. The van der Waals surface area contributed by atoms with Crippen molar-refractivity contribution in [2.45, 2.75) is 13.8 Å². The summed E-state index contributed by atoms with van der Waals surface area (Å²) < 4.78 is 20.2. The van der Waals surface area contributed by atoms with E-state index in [-0.39, 0.29) is 6.03 Å². The van der Waals surface area contributed by atoms with Crippen LogP contribution in [-0.4, -0.2) is 32.7 Å². The zero-order valence-electron chi connectivity index (χ0n) is 15.0. The molecule has 4 rings (SSSR count). The van der Waals surface area contributed by atoms with Gasteiger partial charge >= 0.3 is 6.03 Å². The normalized spacial score (nSPS) is 11.0. The van der Waals surface area contributed by atoms with Gasteiger partial charge < -0.3 is 9.84 Å². The van der Waals surface area contributed by atoms with Crippen molar-refractivity contribution in [3.63, 3.8) is 0 Å². The molecular formula is C18H15FN6O2S. The number of aryl methyl sites for hydroxylation is 1. The first-order valence-corrected chi connectivity index (χ1v) is 9.27. The monoisotopic (exact) mass is 398 g/mol. The van der Waals surface area contributed by atoms with Crippen molar-refractivity contribution >= 4 is 32.7 Å². The Hall–Kier alpha value is -3.40. The molecule has 0 atom stereocenters. The zero-order valence-corrected chi connectivity index (χ0v) is 15.8. The highest BCUT2D eigenvalue weighted by molar-refractivity contribution is 7.22. The molecule has 0 aliphatic carbocycles. The number of carbonyl (C=O) groups excluding carboxylic acids is 1. The summed E-state index contributed by atoms with van der Waals surface area (Å²) in [6.45, 7) is 4.01. The smallest absolute Gasteiger partial charge is 0.321 e. The van der Waals surface area contributed by atoms with E-state index < -0.39 is 5.82 Å². The minimum atomic E-state index is -0.398. The van der Waals surface area contributed by atoms with Crippen LogP contribution in [0.25, 0.3) is 32.9 Å². The number of carbonyl (C=O) groups is 1. The van der Waals surface area contributed by atoms with E-state index in [9.17, 15) is 9.18 Å². The molecule has 1 aromatic carbocycles. The fourth-order valence-electron chi connectivity index (χ4n) is 2.61. The number of hydrogen-bond donors (Lipinski definition) is 2. The van der Waals surface area contributed by atoms with Crippen LogP contribution < -0.4 is 10.6 Å². The van der Waals surface area contributed by atoms with Crippen molar-refractivity contribution in [2.24, 2.45) is 0 Å². The number of halogens is 1. The molecule has 0 saturated heterocycles. The predicted octanol–water partition coefficient (Wildman–Crippen LogP) is 4.00. The number of aromatic nitrogens is 4. The van der Waals surface area contributed by atoms with Gasteiger partial charge in [-0.15, -0.1) is 0 Å². The van der Waals surface area contributed by atoms with E-state index in [1.54, 1.807) is 31.3 Å². The highest BCUT2D eigenvalue weighted by atomic mass is 32.1. The molecule has 0 spiro atoms. The highest BCUT2D eigenvalue weighted by Crippen LogP contribution is 2.32. The van der Waals surface area contributed by atoms with E-state index in [1.807, 2.05) is 6.92 Å². The van der Waals surface area contributed by atoms with Gasteiger partial charge in [0.15, 0.2) is 5.13 Å². The molecule has 4 aromatic rings. The van der Waals surface area contributed by atoms with Crippen molar-refractivity contribution in [1.29, 1.82) is 0 Å². The molecular weight excluding hydrogens is 383 g/mol. The number of fused-ring (bicyclic) bond motifs is 1. The van der Waals surface area contributed by atoms with Gasteiger partial charge in [0.1, 0.15) is 11.5 Å². The Morgan fingerprint density at radius 2 is 2.14 bits per heavy atom. The third kappa shape index (κ3) is 3.54. The van der Waals surface area contributed by atoms with Gasteiger partial charge in [0.25, 0.3) is 0 Å². The van der Waals surface area contributed by atoms with Gasteiger partial charge in [-0.05, 0) is 25.1 Å². The van der Waals surface area contributed by atoms with Crippen LogP contribution in [0.3, 0.4) is 0 Å². The summed E-state index contributed by atoms with van der Waals surface area (Å²) in [4.78, 5) is 24.4. The van der Waals surface area contributed by atoms with Crippen molar-refractivity contribution in [3.8, 4) is 22.6 Å². The topological polar surface area (TPSA) is 106 Å². The first-order chi connectivity index (χ1) is 13.5. The maximum Gasteiger partial charge on any atom is 0.321 e. The number of anilines is 1. The second-order valence-electron chi connectivity index (χ2n) is 5.87. The summed E-state index contributed by atoms with van der Waals surface area (Å²) in [5.41, 5.74) is 2.08. The summed E-state index contributed by atoms with van der Waals surface area (Å²) in [5, 5.41) is 9.48. The number of pyridine rings is 1. The lowest BCUT2D eigenvalue weighted by molar-refractivity contribution is 0.252. The van der Waals surface area contributed by atoms with Gasteiger partial charge in [0, 0.05) is 30.8 Å². The molecule has 10 heteroatoms. The van der Waals surface area contributed by atoms with E-state index >= 15 is 0 Å². The van der Waals surface area contributed by atoms with Crippen LogP contribution >= 0.6 is 11.3 Å². The van der Waals surface area contributed by atoms with Crippen molar-refractivity contribution < 1.29 is 13.7 Å². The van der Waals surface area contributed by atoms with E-state index in [0.717, 1.165) is 0 Å². The van der Waals surface area contributed by atoms with Crippen LogP contribution in [0.2, 0.25) is 0 Å². The number of nitrogens with zero attached hydrogens (tertiary/aromatic N) is 4. The van der Waals surface area contributed by atoms with E-state index in [1.165, 1.54) is 17.4 Å². The Balaban J connectivity index is 1.64. The third-order valence-corrected chi connectivity index (χ3v) is 4.80. The summed E-state index contributed by atoms with van der Waals surface area (Å²) >= 11 is 1.21. The fraction of sp³-hybridized carbons (Fsp3) is 0.167. The standard InChI is InChI=1S/C18H15FN6O2S/c1-3-20-17(26)24-18-23-14-6-11(12(19)7-15(14)28-18)10-4-5-13(21-8-10)16-22-9(2)27-25-16/h4-8H,3H2,1-2H3,(H2,20,23,24,26). The second-order valence-corrected chi connectivity index (χ2v) is 6.90. The maximum absolute atomic E-state index is 14.6. The zero-order chi connectivity index (χ0) is 19.7. The van der Waals surface area contributed by atoms with Gasteiger partial charge in [-0.1, -0.05) is 22.6 Å². The van der Waals surface area contributed by atoms with Gasteiger partial charge in [-0.3, -0.25) is 10.3 Å². The van der Waals surface area contributed by atoms with Gasteiger partial charge in [-0.25, -0.2) is 14.2 Å². The number of hydrogen-bond acceptors (Lipinski definition) is 7. The summed E-state index contributed by atoms with van der Waals surface area (Å²) in [6, 6.07) is 6.13. The van der Waals surface area contributed by atoms with Crippen LogP contribution in [0.5, 0.6) is 0 Å². The lowest BCUT2D eigenvalue weighted by Gasteiger charge is -2.04. The average Bonchev–Trinajstić information content (AvgIpc) is 3.26. The lowest BCUT2D eigenvalue weighted by atomic mass is 10.1. The maximum atomic E-state index is 14.6. The Morgan fingerprint density at radius 3 is 2.82 bits per heavy atom. The summed E-state index contributed by atoms with van der Waals surface area (Å²) in [6.07, 6.45) is 1.55. The largest absolute Gasteiger partial charge is 0.339 e. The molecule has 142 valence electrons. The molecule has 8 nitrogen and oxygen atoms in total. The number of urea groups is 1. The number of nitrogens with one attached hydrogen (secondary N) is 2. The van der Waals surface area contributed by atoms with Crippen molar-refractivity contribution in [2.75, 3.05) is 11.9 Å². The Morgan fingerprint density at radius 1 is 1.29 bits per heavy atom. The molecule has 2 amide bonds. The Kier molecular flexibility index (Phi) is 4.70. The van der Waals surface area contributed by atoms with Gasteiger partial charge in [0.05, 0.1) is 10.2 Å². The van der Waals surface area contributed by atoms with Crippen LogP contribution in [0.15, 0.2) is 35.0 Å². The number of amides is 2. The van der Waals surface area contributed by atoms with Crippen molar-refractivity contribution in [3.05, 3.63) is 42.2 Å². The molecule has 0 aliphatic heterocycles. The fourth-order valence-corrected chi connectivity index (χ4v) is 3.48. The first kappa shape index (κ1) is 18.0. The van der Waals surface area contributed by atoms with E-state index in [2.05, 4.69) is 30.7 Å². The highest BCUT2D eigenvalue weighted by Gasteiger charge is 2.14. The molecule has 3 aromatic heterocycles. The molecule has 0 aliphatic rings. The Labute approximate surface area is 162 Å². The third-order valence-electron chi connectivity index (χ3n) is 3.87. The number of benzene rings is 1.